The minimum atomic E-state index is -0.190. The molecule has 0 unspecified atom stereocenters. The molecule has 1 aromatic rings. The summed E-state index contributed by atoms with van der Waals surface area (Å²) in [6.45, 7) is 0. The zero-order chi connectivity index (χ0) is 9.68. The van der Waals surface area contributed by atoms with Gasteiger partial charge in [-0.05, 0) is 11.3 Å². The lowest BCUT2D eigenvalue weighted by Crippen LogP contribution is -2.32. The zero-order valence-electron chi connectivity index (χ0n) is 7.78. The van der Waals surface area contributed by atoms with Crippen LogP contribution in [0.5, 0.6) is 0 Å². The zero-order valence-corrected chi connectivity index (χ0v) is 8.78. The predicted molar refractivity (Wildman–Crippen MR) is 54.0 cm³/mol. The number of ether oxygens (including phenoxy) is 2. The summed E-state index contributed by atoms with van der Waals surface area (Å²) < 4.78 is 10.2. The molecule has 0 amide bonds. The minimum absolute atomic E-state index is 0.190. The summed E-state index contributed by atoms with van der Waals surface area (Å²) in [7, 11) is 3.68. The van der Waals surface area contributed by atoms with Gasteiger partial charge in [0.2, 0.25) is 0 Å². The quantitative estimate of drug-likeness (QED) is 0.423. The molecule has 2 N–H and O–H groups in total. The van der Waals surface area contributed by atoms with Gasteiger partial charge in [-0.25, -0.2) is 0 Å². The Morgan fingerprint density at radius 3 is 2.38 bits per heavy atom. The Kier molecular flexibility index (Phi) is 3.95. The van der Waals surface area contributed by atoms with Gasteiger partial charge >= 0.3 is 0 Å². The number of anilines is 1. The lowest BCUT2D eigenvalue weighted by molar-refractivity contribution is -0.0429. The van der Waals surface area contributed by atoms with E-state index >= 15 is 0 Å². The van der Waals surface area contributed by atoms with Crippen molar-refractivity contribution in [2.45, 2.75) is 5.91 Å². The van der Waals surface area contributed by atoms with Gasteiger partial charge < -0.3 is 15.2 Å². The number of hydrogen-bond donors (Lipinski definition) is 1. The molecule has 0 aliphatic heterocycles. The summed E-state index contributed by atoms with van der Waals surface area (Å²) in [6.07, 6.45) is 0. The van der Waals surface area contributed by atoms with E-state index in [0.29, 0.717) is 9.52 Å². The average molecular weight is 195 g/mol. The van der Waals surface area contributed by atoms with Crippen molar-refractivity contribution in [3.63, 3.8) is 0 Å². The molecular weight excluding hydrogens is 182 g/mol. The van der Waals surface area contributed by atoms with Gasteiger partial charge in [0.15, 0.2) is 9.52 Å². The van der Waals surface area contributed by atoms with E-state index in [0.717, 1.165) is 10.9 Å². The third-order valence-corrected chi connectivity index (χ3v) is 3.14. The Morgan fingerprint density at radius 2 is 1.85 bits per heavy atom. The monoisotopic (exact) mass is 195 g/mol. The summed E-state index contributed by atoms with van der Waals surface area (Å²) in [4.78, 5) is 0. The van der Waals surface area contributed by atoms with Gasteiger partial charge in [0, 0.05) is 19.9 Å². The van der Waals surface area contributed by atoms with E-state index in [1.165, 1.54) is 0 Å². The summed E-state index contributed by atoms with van der Waals surface area (Å²) in [5, 5.41) is 1.08. The van der Waals surface area contributed by atoms with Crippen molar-refractivity contribution < 1.29 is 9.47 Å². The smallest absolute Gasteiger partial charge is 0.159 e. The van der Waals surface area contributed by atoms with Gasteiger partial charge in [-0.2, -0.15) is 0 Å². The molecule has 0 saturated heterocycles. The topological polar surface area (TPSA) is 44.5 Å². The maximum Gasteiger partial charge on any atom is 0.159 e. The Labute approximate surface area is 80.7 Å². The number of nitrogen functional groups attached to an aromatic ring is 1. The first-order valence-corrected chi connectivity index (χ1v) is 5.02. The van der Waals surface area contributed by atoms with Gasteiger partial charge in [0.05, 0.1) is 0 Å². The van der Waals surface area contributed by atoms with Gasteiger partial charge in [0.25, 0.3) is 0 Å². The highest BCUT2D eigenvalue weighted by Crippen LogP contribution is 1.98. The number of methoxy groups -OCH3 is 2. The number of para-hydroxylation sites is 1. The highest BCUT2D eigenvalue weighted by Gasteiger charge is 2.09. The molecule has 0 heterocycles. The van der Waals surface area contributed by atoms with E-state index in [1.807, 2.05) is 24.3 Å². The van der Waals surface area contributed by atoms with Crippen molar-refractivity contribution in [2.24, 2.45) is 0 Å². The van der Waals surface area contributed by atoms with Crippen molar-refractivity contribution in [1.29, 1.82) is 0 Å². The average Bonchev–Trinajstić information content (AvgIpc) is 2.17. The molecule has 3 nitrogen and oxygen atoms in total. The van der Waals surface area contributed by atoms with Crippen molar-refractivity contribution >= 4 is 20.4 Å². The minimum Gasteiger partial charge on any atom is -0.399 e. The maximum absolute atomic E-state index is 5.77. The third-order valence-electron chi connectivity index (χ3n) is 1.66. The van der Waals surface area contributed by atoms with Crippen LogP contribution in [0.3, 0.4) is 0 Å². The van der Waals surface area contributed by atoms with E-state index in [9.17, 15) is 0 Å². The standard InChI is InChI=1S/C9H13NO2Si/c1-11-9(12-2)13-8-6-4-3-5-7(8)10/h3-6,9H,10H2,1-2H3. The van der Waals surface area contributed by atoms with Crippen molar-refractivity contribution in [1.82, 2.24) is 0 Å². The highest BCUT2D eigenvalue weighted by molar-refractivity contribution is 6.56. The van der Waals surface area contributed by atoms with Gasteiger partial charge in [-0.15, -0.1) is 0 Å². The predicted octanol–water partition coefficient (Wildman–Crippen LogP) is 0.175. The molecule has 0 aromatic heterocycles. The number of benzene rings is 1. The lowest BCUT2D eigenvalue weighted by Gasteiger charge is -2.13. The van der Waals surface area contributed by atoms with Crippen molar-refractivity contribution in [2.75, 3.05) is 20.0 Å². The van der Waals surface area contributed by atoms with E-state index in [4.69, 9.17) is 15.2 Å². The molecule has 1 rings (SSSR count). The number of nitrogens with two attached hydrogens (primary N) is 1. The molecule has 2 radical (unpaired) electrons. The SMILES string of the molecule is COC(OC)[Si]c1ccccc1N. The molecule has 0 saturated carbocycles. The summed E-state index contributed by atoms with van der Waals surface area (Å²) >= 11 is 0. The first kappa shape index (κ1) is 10.2. The molecule has 0 bridgehead atoms. The van der Waals surface area contributed by atoms with E-state index in [2.05, 4.69) is 0 Å². The third kappa shape index (κ3) is 2.84. The Balaban J connectivity index is 2.67. The molecule has 0 aliphatic carbocycles. The normalized spacial score (nSPS) is 10.7. The highest BCUT2D eigenvalue weighted by atomic mass is 28.2. The number of rotatable bonds is 4. The van der Waals surface area contributed by atoms with E-state index in [1.54, 1.807) is 14.2 Å². The lowest BCUT2D eigenvalue weighted by atomic mass is 10.3. The van der Waals surface area contributed by atoms with Crippen molar-refractivity contribution in [3.8, 4) is 0 Å². The first-order valence-electron chi connectivity index (χ1n) is 3.94. The fourth-order valence-corrected chi connectivity index (χ4v) is 1.90. The fraction of sp³-hybridized carbons (Fsp3) is 0.333. The largest absolute Gasteiger partial charge is 0.399 e. The summed E-state index contributed by atoms with van der Waals surface area (Å²) in [5.74, 6) is -0.190. The van der Waals surface area contributed by atoms with Gasteiger partial charge in [0.1, 0.15) is 5.91 Å². The van der Waals surface area contributed by atoms with Crippen molar-refractivity contribution in [3.05, 3.63) is 24.3 Å². The molecule has 0 spiro atoms. The second kappa shape index (κ2) is 5.01. The molecule has 0 fully saturated rings. The van der Waals surface area contributed by atoms with Crippen LogP contribution in [0.15, 0.2) is 24.3 Å². The molecule has 0 atom stereocenters. The van der Waals surface area contributed by atoms with Crippen LogP contribution in [0.4, 0.5) is 5.69 Å². The molecule has 4 heteroatoms. The first-order chi connectivity index (χ1) is 6.27. The number of hydrogen-bond acceptors (Lipinski definition) is 3. The molecular formula is C9H13NO2Si. The van der Waals surface area contributed by atoms with Crippen LogP contribution < -0.4 is 10.9 Å². The summed E-state index contributed by atoms with van der Waals surface area (Å²) in [6, 6.07) is 7.74. The van der Waals surface area contributed by atoms with Crippen LogP contribution >= 0.6 is 0 Å². The van der Waals surface area contributed by atoms with Crippen LogP contribution in [0.25, 0.3) is 0 Å². The van der Waals surface area contributed by atoms with E-state index in [-0.39, 0.29) is 5.91 Å². The molecule has 1 aromatic carbocycles. The summed E-state index contributed by atoms with van der Waals surface area (Å²) in [5.41, 5.74) is 6.57. The second-order valence-electron chi connectivity index (χ2n) is 2.53. The molecule has 13 heavy (non-hydrogen) atoms. The molecule has 0 aliphatic rings. The van der Waals surface area contributed by atoms with Crippen LogP contribution in [0.1, 0.15) is 0 Å². The maximum atomic E-state index is 5.77. The van der Waals surface area contributed by atoms with Gasteiger partial charge in [-0.1, -0.05) is 18.2 Å². The van der Waals surface area contributed by atoms with Crippen LogP contribution in [0, 0.1) is 0 Å². The Morgan fingerprint density at radius 1 is 1.23 bits per heavy atom. The second-order valence-corrected chi connectivity index (χ2v) is 3.83. The Hall–Kier alpha value is -0.843. The fourth-order valence-electron chi connectivity index (χ4n) is 0.969. The molecule has 70 valence electrons. The van der Waals surface area contributed by atoms with Crippen LogP contribution in [-0.4, -0.2) is 29.7 Å². The van der Waals surface area contributed by atoms with Gasteiger partial charge in [-0.3, -0.25) is 0 Å². The van der Waals surface area contributed by atoms with Crippen LogP contribution in [0.2, 0.25) is 0 Å². The van der Waals surface area contributed by atoms with E-state index < -0.39 is 0 Å². The Bertz CT molecular complexity index is 264. The van der Waals surface area contributed by atoms with Crippen LogP contribution in [-0.2, 0) is 9.47 Å².